The maximum atomic E-state index is 12.4. The van der Waals surface area contributed by atoms with Gasteiger partial charge in [0.15, 0.2) is 0 Å². The van der Waals surface area contributed by atoms with E-state index in [0.717, 1.165) is 0 Å². The van der Waals surface area contributed by atoms with Gasteiger partial charge in [0.25, 0.3) is 6.10 Å². The van der Waals surface area contributed by atoms with Crippen molar-refractivity contribution >= 4 is 5.82 Å². The predicted octanol–water partition coefficient (Wildman–Crippen LogP) is 3.55. The lowest BCUT2D eigenvalue weighted by Crippen LogP contribution is -2.46. The molecule has 2 N–H and O–H groups in total. The Kier molecular flexibility index (Phi) is 4.21. The number of nitrogen functional groups attached to an aromatic ring is 1. The van der Waals surface area contributed by atoms with Crippen LogP contribution in [-0.2, 0) is 6.18 Å². The van der Waals surface area contributed by atoms with E-state index in [0.29, 0.717) is 0 Å². The van der Waals surface area contributed by atoms with Crippen LogP contribution in [0.3, 0.4) is 0 Å². The van der Waals surface area contributed by atoms with Gasteiger partial charge in [0, 0.05) is 6.07 Å². The molecule has 0 bridgehead atoms. The number of halogens is 9. The van der Waals surface area contributed by atoms with Crippen LogP contribution in [0.5, 0.6) is 5.88 Å². The second-order valence-corrected chi connectivity index (χ2v) is 3.70. The summed E-state index contributed by atoms with van der Waals surface area (Å²) in [5.74, 6) is -2.48. The smallest absolute Gasteiger partial charge is 0.434 e. The van der Waals surface area contributed by atoms with Crippen LogP contribution in [0, 0.1) is 0 Å². The number of hydrogen-bond donors (Lipinski definition) is 1. The van der Waals surface area contributed by atoms with Crippen LogP contribution in [0.25, 0.3) is 0 Å². The van der Waals surface area contributed by atoms with Crippen molar-refractivity contribution in [2.24, 2.45) is 0 Å². The Morgan fingerprint density at radius 1 is 0.905 bits per heavy atom. The number of anilines is 1. The zero-order chi connectivity index (χ0) is 16.6. The predicted molar refractivity (Wildman–Crippen MR) is 50.2 cm³/mol. The first kappa shape index (κ1) is 17.2. The molecule has 0 saturated heterocycles. The van der Waals surface area contributed by atoms with Crippen LogP contribution in [0.2, 0.25) is 0 Å². The van der Waals surface area contributed by atoms with E-state index in [1.807, 2.05) is 0 Å². The van der Waals surface area contributed by atoms with Gasteiger partial charge >= 0.3 is 18.5 Å². The molecule has 12 heteroatoms. The molecule has 0 saturated carbocycles. The van der Waals surface area contributed by atoms with Gasteiger partial charge in [0.05, 0.1) is 5.56 Å². The maximum absolute atomic E-state index is 12.4. The lowest BCUT2D eigenvalue weighted by molar-refractivity contribution is -0.300. The Bertz CT molecular complexity index is 491. The van der Waals surface area contributed by atoms with Crippen LogP contribution >= 0.6 is 0 Å². The van der Waals surface area contributed by atoms with Crippen molar-refractivity contribution in [1.82, 2.24) is 4.98 Å². The average Bonchev–Trinajstić information content (AvgIpc) is 2.20. The molecule has 21 heavy (non-hydrogen) atoms. The molecule has 1 heterocycles. The minimum absolute atomic E-state index is 0.110. The van der Waals surface area contributed by atoms with Crippen molar-refractivity contribution in [2.45, 2.75) is 24.6 Å². The second-order valence-electron chi connectivity index (χ2n) is 3.70. The summed E-state index contributed by atoms with van der Waals surface area (Å²) in [6.07, 6.45) is -21.1. The summed E-state index contributed by atoms with van der Waals surface area (Å²) in [5.41, 5.74) is 3.31. The molecule has 120 valence electrons. The third kappa shape index (κ3) is 4.56. The summed E-state index contributed by atoms with van der Waals surface area (Å²) in [4.78, 5) is 2.87. The molecule has 0 aromatic carbocycles. The van der Waals surface area contributed by atoms with Crippen LogP contribution < -0.4 is 10.5 Å². The Morgan fingerprint density at radius 2 is 1.38 bits per heavy atom. The van der Waals surface area contributed by atoms with Crippen molar-refractivity contribution in [1.29, 1.82) is 0 Å². The third-order valence-corrected chi connectivity index (χ3v) is 1.98. The van der Waals surface area contributed by atoms with E-state index in [-0.39, 0.29) is 12.1 Å². The topological polar surface area (TPSA) is 48.1 Å². The van der Waals surface area contributed by atoms with Gasteiger partial charge in [0.2, 0.25) is 5.88 Å². The zero-order valence-corrected chi connectivity index (χ0v) is 9.57. The molecule has 3 nitrogen and oxygen atoms in total. The van der Waals surface area contributed by atoms with E-state index >= 15 is 0 Å². The normalized spacial score (nSPS) is 13.6. The van der Waals surface area contributed by atoms with Crippen molar-refractivity contribution in [2.75, 3.05) is 5.73 Å². The van der Waals surface area contributed by atoms with Gasteiger partial charge in [-0.3, -0.25) is 0 Å². The molecule has 1 rings (SSSR count). The lowest BCUT2D eigenvalue weighted by atomic mass is 10.2. The fraction of sp³-hybridized carbons (Fsp3) is 0.444. The van der Waals surface area contributed by atoms with Gasteiger partial charge in [-0.15, -0.1) is 0 Å². The molecule has 0 atom stereocenters. The highest BCUT2D eigenvalue weighted by atomic mass is 19.4. The zero-order valence-electron chi connectivity index (χ0n) is 9.57. The van der Waals surface area contributed by atoms with E-state index in [4.69, 9.17) is 5.73 Å². The molecular weight excluding hydrogens is 323 g/mol. The lowest BCUT2D eigenvalue weighted by Gasteiger charge is -2.23. The number of pyridine rings is 1. The molecule has 0 radical (unpaired) electrons. The first-order chi connectivity index (χ1) is 9.21. The molecule has 1 aromatic heterocycles. The number of rotatable bonds is 2. The SMILES string of the molecule is Nc1cc(C(F)(F)F)cc(OC(C(F)(F)F)C(F)(F)F)n1. The highest BCUT2D eigenvalue weighted by molar-refractivity contribution is 5.38. The number of aromatic nitrogens is 1. The summed E-state index contributed by atoms with van der Waals surface area (Å²) in [6, 6.07) is 0.129. The molecule has 1 aromatic rings. The first-order valence-corrected chi connectivity index (χ1v) is 4.86. The van der Waals surface area contributed by atoms with Crippen molar-refractivity contribution in [3.63, 3.8) is 0 Å². The summed E-state index contributed by atoms with van der Waals surface area (Å²) in [5, 5.41) is 0. The molecule has 0 fully saturated rings. The van der Waals surface area contributed by atoms with Crippen LogP contribution in [0.1, 0.15) is 5.56 Å². The molecule has 0 amide bonds. The third-order valence-electron chi connectivity index (χ3n) is 1.98. The first-order valence-electron chi connectivity index (χ1n) is 4.86. The van der Waals surface area contributed by atoms with Gasteiger partial charge in [-0.1, -0.05) is 0 Å². The number of hydrogen-bond acceptors (Lipinski definition) is 3. The molecule has 0 unspecified atom stereocenters. The summed E-state index contributed by atoms with van der Waals surface area (Å²) >= 11 is 0. The minimum Gasteiger partial charge on any atom is -0.455 e. The van der Waals surface area contributed by atoms with E-state index in [9.17, 15) is 39.5 Å². The molecule has 0 spiro atoms. The summed E-state index contributed by atoms with van der Waals surface area (Å²) in [6.45, 7) is 0. The standard InChI is InChI=1S/C9H5F9N2O/c10-7(11,12)3-1-4(19)20-5(2-3)21-6(8(13,14)15)9(16,17)18/h1-2,6H,(H2,19,20). The van der Waals surface area contributed by atoms with E-state index in [2.05, 4.69) is 9.72 Å². The Morgan fingerprint density at radius 3 is 1.76 bits per heavy atom. The maximum Gasteiger partial charge on any atom is 0.434 e. The van der Waals surface area contributed by atoms with Gasteiger partial charge < -0.3 is 10.5 Å². The van der Waals surface area contributed by atoms with E-state index < -0.39 is 41.9 Å². The molecule has 0 aliphatic rings. The monoisotopic (exact) mass is 328 g/mol. The second kappa shape index (κ2) is 5.15. The van der Waals surface area contributed by atoms with Crippen molar-refractivity contribution in [3.8, 4) is 5.88 Å². The molecule has 0 aliphatic heterocycles. The number of nitrogens with zero attached hydrogens (tertiary/aromatic N) is 1. The number of nitrogens with two attached hydrogens (primary N) is 1. The van der Waals surface area contributed by atoms with Crippen LogP contribution in [0.4, 0.5) is 45.3 Å². The number of ether oxygens (including phenoxy) is 1. The van der Waals surface area contributed by atoms with E-state index in [1.165, 1.54) is 0 Å². The largest absolute Gasteiger partial charge is 0.455 e. The fourth-order valence-corrected chi connectivity index (χ4v) is 1.19. The molecule has 0 aliphatic carbocycles. The quantitative estimate of drug-likeness (QED) is 0.845. The van der Waals surface area contributed by atoms with E-state index in [1.54, 1.807) is 0 Å². The van der Waals surface area contributed by atoms with Gasteiger partial charge in [-0.05, 0) is 6.07 Å². The highest BCUT2D eigenvalue weighted by Gasteiger charge is 2.59. The minimum atomic E-state index is -5.89. The molecular formula is C9H5F9N2O. The van der Waals surface area contributed by atoms with Crippen LogP contribution in [0.15, 0.2) is 12.1 Å². The van der Waals surface area contributed by atoms with Crippen molar-refractivity contribution in [3.05, 3.63) is 17.7 Å². The summed E-state index contributed by atoms with van der Waals surface area (Å²) < 4.78 is 114. The summed E-state index contributed by atoms with van der Waals surface area (Å²) in [7, 11) is 0. The number of alkyl halides is 9. The Hall–Kier alpha value is -1.88. The van der Waals surface area contributed by atoms with Gasteiger partial charge in [-0.25, -0.2) is 0 Å². The average molecular weight is 328 g/mol. The van der Waals surface area contributed by atoms with Gasteiger partial charge in [0.1, 0.15) is 5.82 Å². The fourth-order valence-electron chi connectivity index (χ4n) is 1.19. The Labute approximate surface area is 110 Å². The van der Waals surface area contributed by atoms with Crippen molar-refractivity contribution < 1.29 is 44.3 Å². The van der Waals surface area contributed by atoms with Crippen LogP contribution in [-0.4, -0.2) is 23.4 Å². The Balaban J connectivity index is 3.20. The highest BCUT2D eigenvalue weighted by Crippen LogP contribution is 2.38. The van der Waals surface area contributed by atoms with Gasteiger partial charge in [-0.2, -0.15) is 44.5 Å².